The van der Waals surface area contributed by atoms with Crippen LogP contribution in [0, 0.1) is 6.92 Å². The van der Waals surface area contributed by atoms with Crippen molar-refractivity contribution >= 4 is 40.2 Å². The van der Waals surface area contributed by atoms with E-state index in [-0.39, 0.29) is 12.2 Å². The largest absolute Gasteiger partial charge is 0.418 e. The number of thiophene rings is 1. The van der Waals surface area contributed by atoms with Crippen molar-refractivity contribution in [2.45, 2.75) is 19.6 Å². The lowest BCUT2D eigenvalue weighted by Crippen LogP contribution is -2.28. The minimum absolute atomic E-state index is 0.0654. The van der Waals surface area contributed by atoms with Gasteiger partial charge >= 0.3 is 6.18 Å². The first kappa shape index (κ1) is 23.4. The number of alkyl halides is 3. The Bertz CT molecular complexity index is 1410. The SMILES string of the molecule is Cc1ccccc1-c1ccc(-c2cc(C(F)(F)F)c(N)c(=O)n2Cc2ccc(Cl)cc2Cl)s1. The van der Waals surface area contributed by atoms with Crippen LogP contribution in [0.2, 0.25) is 10.0 Å². The van der Waals surface area contributed by atoms with E-state index >= 15 is 0 Å². The van der Waals surface area contributed by atoms with Crippen LogP contribution >= 0.6 is 34.5 Å². The molecule has 0 amide bonds. The van der Waals surface area contributed by atoms with Gasteiger partial charge in [-0.25, -0.2) is 0 Å². The van der Waals surface area contributed by atoms with Crippen LogP contribution in [0.5, 0.6) is 0 Å². The fraction of sp³-hybridized carbons (Fsp3) is 0.125. The molecule has 9 heteroatoms. The molecule has 0 aliphatic carbocycles. The van der Waals surface area contributed by atoms with Gasteiger partial charge in [0.2, 0.25) is 0 Å². The molecule has 2 N–H and O–H groups in total. The lowest BCUT2D eigenvalue weighted by Gasteiger charge is -2.18. The van der Waals surface area contributed by atoms with Gasteiger partial charge < -0.3 is 10.3 Å². The van der Waals surface area contributed by atoms with Gasteiger partial charge in [-0.1, -0.05) is 53.5 Å². The number of aromatic nitrogens is 1. The van der Waals surface area contributed by atoms with E-state index in [1.807, 2.05) is 37.3 Å². The number of aryl methyl sites for hydroxylation is 1. The molecule has 0 spiro atoms. The van der Waals surface area contributed by atoms with Crippen LogP contribution in [0.4, 0.5) is 18.9 Å². The highest BCUT2D eigenvalue weighted by Gasteiger charge is 2.36. The van der Waals surface area contributed by atoms with Crippen LogP contribution in [0.1, 0.15) is 16.7 Å². The molecule has 0 saturated heterocycles. The third-order valence-corrected chi connectivity index (χ3v) is 6.98. The molecule has 2 aromatic carbocycles. The Balaban J connectivity index is 1.92. The summed E-state index contributed by atoms with van der Waals surface area (Å²) < 4.78 is 42.2. The molecule has 0 radical (unpaired) electrons. The lowest BCUT2D eigenvalue weighted by molar-refractivity contribution is -0.137. The minimum atomic E-state index is -4.77. The van der Waals surface area contributed by atoms with E-state index in [2.05, 4.69) is 0 Å². The molecule has 2 aromatic heterocycles. The summed E-state index contributed by atoms with van der Waals surface area (Å²) in [6.45, 7) is 1.89. The number of pyridine rings is 1. The maximum Gasteiger partial charge on any atom is 0.418 e. The van der Waals surface area contributed by atoms with Crippen molar-refractivity contribution in [1.82, 2.24) is 4.57 Å². The van der Waals surface area contributed by atoms with Crippen molar-refractivity contribution in [2.24, 2.45) is 0 Å². The number of rotatable bonds is 4. The van der Waals surface area contributed by atoms with Gasteiger partial charge in [0.1, 0.15) is 5.69 Å². The van der Waals surface area contributed by atoms with Gasteiger partial charge in [-0.15, -0.1) is 11.3 Å². The predicted octanol–water partition coefficient (Wildman–Crippen LogP) is 7.51. The fourth-order valence-corrected chi connectivity index (χ4v) is 5.14. The first-order chi connectivity index (χ1) is 15.6. The number of hydrogen-bond acceptors (Lipinski definition) is 3. The zero-order chi connectivity index (χ0) is 23.9. The van der Waals surface area contributed by atoms with E-state index in [4.69, 9.17) is 28.9 Å². The Morgan fingerprint density at radius 2 is 1.70 bits per heavy atom. The van der Waals surface area contributed by atoms with Crippen LogP contribution in [0.15, 0.2) is 65.5 Å². The fourth-order valence-electron chi connectivity index (χ4n) is 3.55. The molecule has 0 aliphatic rings. The zero-order valence-electron chi connectivity index (χ0n) is 17.2. The monoisotopic (exact) mass is 508 g/mol. The smallest absolute Gasteiger partial charge is 0.394 e. The maximum absolute atomic E-state index is 13.7. The molecule has 0 aliphatic heterocycles. The molecule has 2 heterocycles. The highest BCUT2D eigenvalue weighted by atomic mass is 35.5. The molecule has 0 atom stereocenters. The van der Waals surface area contributed by atoms with E-state index in [9.17, 15) is 18.0 Å². The Morgan fingerprint density at radius 1 is 1.00 bits per heavy atom. The van der Waals surface area contributed by atoms with Gasteiger partial charge in [0.15, 0.2) is 0 Å². The van der Waals surface area contributed by atoms with E-state index in [0.717, 1.165) is 22.1 Å². The van der Waals surface area contributed by atoms with E-state index in [1.54, 1.807) is 18.2 Å². The first-order valence-corrected chi connectivity index (χ1v) is 11.3. The first-order valence-electron chi connectivity index (χ1n) is 9.77. The van der Waals surface area contributed by atoms with Crippen LogP contribution in [0.25, 0.3) is 21.0 Å². The molecule has 0 bridgehead atoms. The summed E-state index contributed by atoms with van der Waals surface area (Å²) in [6, 6.07) is 16.9. The van der Waals surface area contributed by atoms with Crippen LogP contribution in [-0.2, 0) is 12.7 Å². The van der Waals surface area contributed by atoms with Crippen LogP contribution < -0.4 is 11.3 Å². The molecular weight excluding hydrogens is 492 g/mol. The summed E-state index contributed by atoms with van der Waals surface area (Å²) in [4.78, 5) is 14.4. The molecule has 4 aromatic rings. The van der Waals surface area contributed by atoms with Crippen LogP contribution in [-0.4, -0.2) is 4.57 Å². The molecule has 4 rings (SSSR count). The van der Waals surface area contributed by atoms with Gasteiger partial charge in [0.05, 0.1) is 22.7 Å². The summed E-state index contributed by atoms with van der Waals surface area (Å²) >= 11 is 13.5. The second kappa shape index (κ2) is 8.89. The zero-order valence-corrected chi connectivity index (χ0v) is 19.5. The summed E-state index contributed by atoms with van der Waals surface area (Å²) in [5.41, 5.74) is 5.33. The molecule has 0 unspecified atom stereocenters. The Kier molecular flexibility index (Phi) is 6.31. The predicted molar refractivity (Wildman–Crippen MR) is 129 cm³/mol. The molecule has 170 valence electrons. The van der Waals surface area contributed by atoms with E-state index < -0.39 is 23.0 Å². The molecular formula is C24H17Cl2F3N2OS. The Hall–Kier alpha value is -2.74. The van der Waals surface area contributed by atoms with Crippen molar-refractivity contribution in [1.29, 1.82) is 0 Å². The van der Waals surface area contributed by atoms with Crippen molar-refractivity contribution in [3.05, 3.63) is 97.8 Å². The third-order valence-electron chi connectivity index (χ3n) is 5.26. The molecule has 0 saturated carbocycles. The highest BCUT2D eigenvalue weighted by Crippen LogP contribution is 2.39. The van der Waals surface area contributed by atoms with E-state index in [0.29, 0.717) is 20.5 Å². The Labute approximate surface area is 201 Å². The van der Waals surface area contributed by atoms with Crippen molar-refractivity contribution in [2.75, 3.05) is 5.73 Å². The summed E-state index contributed by atoms with van der Waals surface area (Å²) in [6.07, 6.45) is -4.77. The van der Waals surface area contributed by atoms with Crippen LogP contribution in [0.3, 0.4) is 0 Å². The molecule has 33 heavy (non-hydrogen) atoms. The summed E-state index contributed by atoms with van der Waals surface area (Å²) in [7, 11) is 0. The van der Waals surface area contributed by atoms with Gasteiger partial charge in [0.25, 0.3) is 5.56 Å². The number of nitrogens with two attached hydrogens (primary N) is 1. The number of hydrogen-bond donors (Lipinski definition) is 1. The van der Waals surface area contributed by atoms with Crippen molar-refractivity contribution < 1.29 is 13.2 Å². The second-order valence-electron chi connectivity index (χ2n) is 7.46. The lowest BCUT2D eigenvalue weighted by atomic mass is 10.1. The number of anilines is 1. The second-order valence-corrected chi connectivity index (χ2v) is 9.39. The van der Waals surface area contributed by atoms with Crippen molar-refractivity contribution in [3.8, 4) is 21.0 Å². The van der Waals surface area contributed by atoms with Crippen molar-refractivity contribution in [3.63, 3.8) is 0 Å². The normalized spacial score (nSPS) is 11.7. The van der Waals surface area contributed by atoms with Gasteiger partial charge in [-0.05, 0) is 53.9 Å². The minimum Gasteiger partial charge on any atom is -0.394 e. The van der Waals surface area contributed by atoms with Gasteiger partial charge in [-0.2, -0.15) is 13.2 Å². The van der Waals surface area contributed by atoms with Gasteiger partial charge in [0, 0.05) is 14.9 Å². The summed E-state index contributed by atoms with van der Waals surface area (Å²) in [5.74, 6) is 0. The Morgan fingerprint density at radius 3 is 2.36 bits per heavy atom. The number of halogens is 5. The topological polar surface area (TPSA) is 48.0 Å². The average Bonchev–Trinajstić information content (AvgIpc) is 3.22. The number of nitrogens with zero attached hydrogens (tertiary/aromatic N) is 1. The third kappa shape index (κ3) is 4.67. The quantitative estimate of drug-likeness (QED) is 0.310. The highest BCUT2D eigenvalue weighted by molar-refractivity contribution is 7.18. The average molecular weight is 509 g/mol. The number of benzene rings is 2. The maximum atomic E-state index is 13.7. The van der Waals surface area contributed by atoms with E-state index in [1.165, 1.54) is 22.0 Å². The summed E-state index contributed by atoms with van der Waals surface area (Å²) in [5, 5.41) is 0.704. The molecule has 0 fully saturated rings. The molecule has 3 nitrogen and oxygen atoms in total. The number of nitrogen functional groups attached to an aromatic ring is 1. The standard InChI is InChI=1S/C24H17Cl2F3N2OS/c1-13-4-2-3-5-16(13)20-8-9-21(33-20)19-11-17(24(27,28)29)22(30)23(32)31(19)12-14-6-7-15(25)10-18(14)26/h2-11H,12,30H2,1H3. The van der Waals surface area contributed by atoms with Gasteiger partial charge in [-0.3, -0.25) is 4.79 Å².